The Morgan fingerprint density at radius 2 is 2.19 bits per heavy atom. The van der Waals surface area contributed by atoms with Crippen LogP contribution < -0.4 is 5.32 Å². The Labute approximate surface area is 91.5 Å². The number of carboxylic acids is 2. The Kier molecular flexibility index (Phi) is 4.01. The van der Waals surface area contributed by atoms with Crippen LogP contribution in [0.15, 0.2) is 12.5 Å². The van der Waals surface area contributed by atoms with Gasteiger partial charge in [0.25, 0.3) is 0 Å². The van der Waals surface area contributed by atoms with Crippen LogP contribution in [-0.2, 0) is 16.0 Å². The summed E-state index contributed by atoms with van der Waals surface area (Å²) < 4.78 is 0. The number of aliphatic carboxylic acids is 2. The van der Waals surface area contributed by atoms with Crippen LogP contribution in [0.2, 0.25) is 0 Å². The monoisotopic (exact) mass is 227 g/mol. The van der Waals surface area contributed by atoms with Gasteiger partial charge in [-0.15, -0.1) is 0 Å². The Morgan fingerprint density at radius 3 is 2.62 bits per heavy atom. The Bertz CT molecular complexity index is 363. The number of hydrogen-bond donors (Lipinski definition) is 4. The van der Waals surface area contributed by atoms with E-state index in [1.54, 1.807) is 0 Å². The van der Waals surface area contributed by atoms with E-state index >= 15 is 0 Å². The standard InChI is InChI=1S/C9H13N3O4/c1-5(8(13)14)12-7(9(15)16)2-6-3-10-4-11-6/h3-5,7,12H,2H2,1H3,(H,10,11)(H,13,14)(H,15,16)/t5?,7-/m0/s1. The van der Waals surface area contributed by atoms with Crippen molar-refractivity contribution in [3.63, 3.8) is 0 Å². The van der Waals surface area contributed by atoms with Gasteiger partial charge in [-0.1, -0.05) is 0 Å². The molecule has 0 spiro atoms. The zero-order valence-corrected chi connectivity index (χ0v) is 8.67. The highest BCUT2D eigenvalue weighted by Gasteiger charge is 2.23. The number of rotatable bonds is 6. The van der Waals surface area contributed by atoms with E-state index in [4.69, 9.17) is 10.2 Å². The number of carboxylic acid groups (broad SMARTS) is 2. The summed E-state index contributed by atoms with van der Waals surface area (Å²) in [6, 6.07) is -1.87. The molecule has 0 amide bonds. The number of hydrogen-bond acceptors (Lipinski definition) is 4. The molecule has 0 radical (unpaired) electrons. The van der Waals surface area contributed by atoms with Gasteiger partial charge in [-0.05, 0) is 6.92 Å². The van der Waals surface area contributed by atoms with Gasteiger partial charge >= 0.3 is 11.9 Å². The third-order valence-corrected chi connectivity index (χ3v) is 2.10. The van der Waals surface area contributed by atoms with Crippen LogP contribution in [0.1, 0.15) is 12.6 Å². The molecule has 1 aromatic rings. The lowest BCUT2D eigenvalue weighted by Gasteiger charge is -2.16. The molecule has 0 aliphatic carbocycles. The van der Waals surface area contributed by atoms with E-state index in [0.29, 0.717) is 5.69 Å². The average molecular weight is 227 g/mol. The van der Waals surface area contributed by atoms with Gasteiger partial charge in [0.1, 0.15) is 12.1 Å². The zero-order chi connectivity index (χ0) is 12.1. The van der Waals surface area contributed by atoms with Crippen LogP contribution in [0.3, 0.4) is 0 Å². The Morgan fingerprint density at radius 1 is 1.50 bits per heavy atom. The first-order valence-corrected chi connectivity index (χ1v) is 4.69. The molecule has 0 fully saturated rings. The van der Waals surface area contributed by atoms with Crippen molar-refractivity contribution in [2.75, 3.05) is 0 Å². The normalized spacial score (nSPS) is 14.3. The summed E-state index contributed by atoms with van der Waals surface area (Å²) in [5, 5.41) is 20.1. The molecule has 1 unspecified atom stereocenters. The van der Waals surface area contributed by atoms with Crippen LogP contribution in [0.5, 0.6) is 0 Å². The lowest BCUT2D eigenvalue weighted by Crippen LogP contribution is -2.46. The molecule has 1 aromatic heterocycles. The second-order valence-corrected chi connectivity index (χ2v) is 3.40. The van der Waals surface area contributed by atoms with Gasteiger partial charge in [0, 0.05) is 18.3 Å². The highest BCUT2D eigenvalue weighted by Crippen LogP contribution is 2.00. The first-order chi connectivity index (χ1) is 7.50. The maximum atomic E-state index is 10.9. The number of aromatic amines is 1. The first kappa shape index (κ1) is 12.2. The van der Waals surface area contributed by atoms with Crippen LogP contribution in [0.25, 0.3) is 0 Å². The van der Waals surface area contributed by atoms with Crippen molar-refractivity contribution < 1.29 is 19.8 Å². The van der Waals surface area contributed by atoms with Crippen molar-refractivity contribution in [3.8, 4) is 0 Å². The largest absolute Gasteiger partial charge is 0.480 e. The van der Waals surface area contributed by atoms with Gasteiger partial charge < -0.3 is 15.2 Å². The fourth-order valence-corrected chi connectivity index (χ4v) is 1.21. The van der Waals surface area contributed by atoms with Gasteiger partial charge in [0.05, 0.1) is 6.33 Å². The van der Waals surface area contributed by atoms with E-state index in [0.717, 1.165) is 0 Å². The smallest absolute Gasteiger partial charge is 0.321 e. The number of imidazole rings is 1. The van der Waals surface area contributed by atoms with Crippen LogP contribution in [0.4, 0.5) is 0 Å². The van der Waals surface area contributed by atoms with E-state index in [2.05, 4.69) is 15.3 Å². The molecule has 0 aromatic carbocycles. The summed E-state index contributed by atoms with van der Waals surface area (Å²) in [5.41, 5.74) is 0.637. The molecule has 1 heterocycles. The lowest BCUT2D eigenvalue weighted by atomic mass is 10.1. The summed E-state index contributed by atoms with van der Waals surface area (Å²) in [4.78, 5) is 28.0. The number of aromatic nitrogens is 2. The summed E-state index contributed by atoms with van der Waals surface area (Å²) >= 11 is 0. The molecule has 0 bridgehead atoms. The molecule has 4 N–H and O–H groups in total. The van der Waals surface area contributed by atoms with E-state index in [1.807, 2.05) is 0 Å². The second-order valence-electron chi connectivity index (χ2n) is 3.40. The fraction of sp³-hybridized carbons (Fsp3) is 0.444. The van der Waals surface area contributed by atoms with Crippen LogP contribution in [-0.4, -0.2) is 44.2 Å². The molecule has 7 heteroatoms. The van der Waals surface area contributed by atoms with Gasteiger partial charge in [-0.25, -0.2) is 4.98 Å². The Hall–Kier alpha value is -1.89. The molecule has 0 saturated carbocycles. The minimum Gasteiger partial charge on any atom is -0.480 e. The van der Waals surface area contributed by atoms with E-state index < -0.39 is 24.0 Å². The molecular formula is C9H13N3O4. The second kappa shape index (κ2) is 5.26. The third-order valence-electron chi connectivity index (χ3n) is 2.10. The minimum absolute atomic E-state index is 0.160. The number of nitrogens with one attached hydrogen (secondary N) is 2. The molecule has 2 atom stereocenters. The summed E-state index contributed by atoms with van der Waals surface area (Å²) in [7, 11) is 0. The highest BCUT2D eigenvalue weighted by molar-refractivity contribution is 5.77. The third kappa shape index (κ3) is 3.35. The number of carbonyl (C=O) groups is 2. The van der Waals surface area contributed by atoms with Gasteiger partial charge in [0.2, 0.25) is 0 Å². The summed E-state index contributed by atoms with van der Waals surface area (Å²) in [5.74, 6) is -2.18. The quantitative estimate of drug-likeness (QED) is 0.519. The maximum Gasteiger partial charge on any atom is 0.321 e. The van der Waals surface area contributed by atoms with Crippen molar-refractivity contribution in [1.29, 1.82) is 0 Å². The predicted molar refractivity (Wildman–Crippen MR) is 53.9 cm³/mol. The van der Waals surface area contributed by atoms with E-state index in [1.165, 1.54) is 19.4 Å². The van der Waals surface area contributed by atoms with Crippen molar-refractivity contribution in [2.24, 2.45) is 0 Å². The number of nitrogens with zero attached hydrogens (tertiary/aromatic N) is 1. The Balaban J connectivity index is 2.61. The molecule has 16 heavy (non-hydrogen) atoms. The van der Waals surface area contributed by atoms with Gasteiger partial charge in [-0.3, -0.25) is 14.9 Å². The van der Waals surface area contributed by atoms with Crippen molar-refractivity contribution in [1.82, 2.24) is 15.3 Å². The van der Waals surface area contributed by atoms with Crippen LogP contribution >= 0.6 is 0 Å². The molecule has 0 saturated heterocycles. The van der Waals surface area contributed by atoms with Crippen molar-refractivity contribution >= 4 is 11.9 Å². The molecule has 7 nitrogen and oxygen atoms in total. The molecular weight excluding hydrogens is 214 g/mol. The summed E-state index contributed by atoms with van der Waals surface area (Å²) in [6.07, 6.45) is 3.10. The highest BCUT2D eigenvalue weighted by atomic mass is 16.4. The molecule has 1 rings (SSSR count). The van der Waals surface area contributed by atoms with Gasteiger partial charge in [0.15, 0.2) is 0 Å². The zero-order valence-electron chi connectivity index (χ0n) is 8.67. The maximum absolute atomic E-state index is 10.9. The first-order valence-electron chi connectivity index (χ1n) is 4.69. The summed E-state index contributed by atoms with van der Waals surface area (Å²) in [6.45, 7) is 1.39. The fourth-order valence-electron chi connectivity index (χ4n) is 1.21. The van der Waals surface area contributed by atoms with Crippen molar-refractivity contribution in [2.45, 2.75) is 25.4 Å². The SMILES string of the molecule is CC(N[C@@H](Cc1cnc[nH]1)C(=O)O)C(=O)O. The predicted octanol–water partition coefficient (Wildman–Crippen LogP) is -0.532. The average Bonchev–Trinajstić information content (AvgIpc) is 2.68. The van der Waals surface area contributed by atoms with E-state index in [-0.39, 0.29) is 6.42 Å². The minimum atomic E-state index is -1.09. The molecule has 0 aliphatic rings. The van der Waals surface area contributed by atoms with Crippen LogP contribution in [0, 0.1) is 0 Å². The lowest BCUT2D eigenvalue weighted by molar-refractivity contribution is -0.142. The van der Waals surface area contributed by atoms with Crippen molar-refractivity contribution in [3.05, 3.63) is 18.2 Å². The number of H-pyrrole nitrogens is 1. The van der Waals surface area contributed by atoms with E-state index in [9.17, 15) is 9.59 Å². The van der Waals surface area contributed by atoms with Gasteiger partial charge in [-0.2, -0.15) is 0 Å². The molecule has 88 valence electrons. The molecule has 0 aliphatic heterocycles. The topological polar surface area (TPSA) is 115 Å².